The van der Waals surface area contributed by atoms with E-state index < -0.39 is 5.82 Å². The number of halogens is 2. The Morgan fingerprint density at radius 1 is 1.22 bits per heavy atom. The Morgan fingerprint density at radius 2 is 2.06 bits per heavy atom. The number of rotatable bonds is 7. The van der Waals surface area contributed by atoms with E-state index in [9.17, 15) is 9.18 Å². The topological polar surface area (TPSA) is 99.4 Å². The Hall–Kier alpha value is -3.53. The summed E-state index contributed by atoms with van der Waals surface area (Å²) < 4.78 is 30.9. The molecule has 0 aliphatic carbocycles. The first-order valence-corrected chi connectivity index (χ1v) is 10.4. The van der Waals surface area contributed by atoms with Gasteiger partial charge in [0.1, 0.15) is 28.5 Å². The Balaban J connectivity index is 1.52. The van der Waals surface area contributed by atoms with Crippen molar-refractivity contribution in [2.24, 2.45) is 0 Å². The van der Waals surface area contributed by atoms with Crippen LogP contribution in [0.4, 0.5) is 4.39 Å². The predicted molar refractivity (Wildman–Crippen MR) is 118 cm³/mol. The zero-order valence-electron chi connectivity index (χ0n) is 17.2. The number of carbonyl (C=O) groups is 1. The van der Waals surface area contributed by atoms with Crippen LogP contribution in [0.15, 0.2) is 51.5 Å². The molecule has 32 heavy (non-hydrogen) atoms. The number of benzene rings is 2. The molecular weight excluding hydrogens is 483 g/mol. The maximum Gasteiger partial charge on any atom is 0.265 e. The maximum atomic E-state index is 13.7. The number of nitrogens with one attached hydrogen (secondary N) is 1. The lowest BCUT2D eigenvalue weighted by atomic mass is 10.1. The molecule has 2 aromatic carbocycles. The minimum atomic E-state index is -0.420. The second-order valence-electron chi connectivity index (χ2n) is 6.82. The van der Waals surface area contributed by atoms with Crippen LogP contribution < -0.4 is 14.8 Å². The Labute approximate surface area is 190 Å². The highest BCUT2D eigenvalue weighted by atomic mass is 79.9. The first-order valence-electron chi connectivity index (χ1n) is 9.56. The van der Waals surface area contributed by atoms with E-state index in [1.54, 1.807) is 26.2 Å². The Bertz CT molecular complexity index is 1290. The molecule has 0 aliphatic heterocycles. The van der Waals surface area contributed by atoms with Crippen LogP contribution in [0.2, 0.25) is 0 Å². The monoisotopic (exact) mass is 500 g/mol. The molecule has 164 valence electrons. The molecule has 0 atom stereocenters. The summed E-state index contributed by atoms with van der Waals surface area (Å²) in [6.45, 7) is 1.62. The third-order valence-corrected chi connectivity index (χ3v) is 5.06. The summed E-state index contributed by atoms with van der Waals surface area (Å²) >= 11 is 3.40. The van der Waals surface area contributed by atoms with Crippen LogP contribution in [0.3, 0.4) is 0 Å². The van der Waals surface area contributed by atoms with Crippen molar-refractivity contribution in [2.75, 3.05) is 13.7 Å². The van der Waals surface area contributed by atoms with Crippen LogP contribution in [0.1, 0.15) is 11.4 Å². The van der Waals surface area contributed by atoms with Crippen molar-refractivity contribution in [3.63, 3.8) is 0 Å². The molecule has 0 fully saturated rings. The van der Waals surface area contributed by atoms with Gasteiger partial charge < -0.3 is 19.3 Å². The minimum absolute atomic E-state index is 0.128. The number of nitrogens with zero attached hydrogens (tertiary/aromatic N) is 3. The van der Waals surface area contributed by atoms with Gasteiger partial charge in [0, 0.05) is 22.1 Å². The van der Waals surface area contributed by atoms with Gasteiger partial charge in [0.2, 0.25) is 5.88 Å². The number of aryl methyl sites for hydroxylation is 1. The van der Waals surface area contributed by atoms with Crippen LogP contribution in [0.5, 0.6) is 11.6 Å². The molecule has 1 N–H and O–H groups in total. The molecule has 2 heterocycles. The van der Waals surface area contributed by atoms with Gasteiger partial charge >= 0.3 is 0 Å². The number of amides is 1. The van der Waals surface area contributed by atoms with E-state index in [0.717, 1.165) is 10.0 Å². The smallest absolute Gasteiger partial charge is 0.265 e. The van der Waals surface area contributed by atoms with E-state index in [2.05, 4.69) is 36.4 Å². The van der Waals surface area contributed by atoms with Gasteiger partial charge in [-0.05, 0) is 37.3 Å². The molecule has 4 rings (SSSR count). The number of hydrogen-bond donors (Lipinski definition) is 1. The van der Waals surface area contributed by atoms with Crippen molar-refractivity contribution < 1.29 is 23.2 Å². The first-order chi connectivity index (χ1) is 15.4. The lowest BCUT2D eigenvalue weighted by Gasteiger charge is -2.11. The third-order valence-electron chi connectivity index (χ3n) is 4.57. The predicted octanol–water partition coefficient (Wildman–Crippen LogP) is 4.20. The third kappa shape index (κ3) is 4.70. The highest BCUT2D eigenvalue weighted by Gasteiger charge is 2.20. The lowest BCUT2D eigenvalue weighted by Crippen LogP contribution is -2.28. The quantitative estimate of drug-likeness (QED) is 0.405. The van der Waals surface area contributed by atoms with Crippen molar-refractivity contribution >= 4 is 32.9 Å². The SMILES string of the molecule is COc1ccc(Br)cc1CNC(=O)COc1nc(C)nc2onc(-c3cccc(F)c3)c12. The molecule has 0 saturated heterocycles. The van der Waals surface area contributed by atoms with Crippen LogP contribution in [0.25, 0.3) is 22.4 Å². The fraction of sp³-hybridized carbons (Fsp3) is 0.182. The zero-order valence-corrected chi connectivity index (χ0v) is 18.8. The highest BCUT2D eigenvalue weighted by molar-refractivity contribution is 9.10. The summed E-state index contributed by atoms with van der Waals surface area (Å²) in [5.74, 6) is 0.389. The van der Waals surface area contributed by atoms with E-state index in [0.29, 0.717) is 28.2 Å². The standard InChI is InChI=1S/C22H18BrFN4O4/c1-12-26-21(19-20(28-32-22(19)27-12)13-4-3-5-16(24)9-13)31-11-18(29)25-10-14-8-15(23)6-7-17(14)30-2/h3-9H,10-11H2,1-2H3,(H,25,29). The normalized spacial score (nSPS) is 10.9. The fourth-order valence-electron chi connectivity index (χ4n) is 3.13. The summed E-state index contributed by atoms with van der Waals surface area (Å²) in [7, 11) is 1.56. The number of carbonyl (C=O) groups excluding carboxylic acids is 1. The molecule has 8 nitrogen and oxygen atoms in total. The molecule has 0 aliphatic rings. The lowest BCUT2D eigenvalue weighted by molar-refractivity contribution is -0.123. The van der Waals surface area contributed by atoms with Crippen LogP contribution in [-0.4, -0.2) is 34.7 Å². The molecular formula is C22H18BrFN4O4. The van der Waals surface area contributed by atoms with Crippen LogP contribution >= 0.6 is 15.9 Å². The van der Waals surface area contributed by atoms with Gasteiger partial charge in [-0.1, -0.05) is 33.2 Å². The average molecular weight is 501 g/mol. The molecule has 2 aromatic heterocycles. The molecule has 0 spiro atoms. The van der Waals surface area contributed by atoms with Crippen LogP contribution in [0, 0.1) is 12.7 Å². The zero-order chi connectivity index (χ0) is 22.7. The number of aromatic nitrogens is 3. The number of ether oxygens (including phenoxy) is 2. The van der Waals surface area contributed by atoms with Gasteiger partial charge in [-0.2, -0.15) is 9.97 Å². The van der Waals surface area contributed by atoms with E-state index in [1.807, 2.05) is 18.2 Å². The number of methoxy groups -OCH3 is 1. The summed E-state index contributed by atoms with van der Waals surface area (Å²) in [6.07, 6.45) is 0. The van der Waals surface area contributed by atoms with Gasteiger partial charge in [0.25, 0.3) is 11.6 Å². The van der Waals surface area contributed by atoms with Crippen molar-refractivity contribution in [1.82, 2.24) is 20.4 Å². The largest absolute Gasteiger partial charge is 0.496 e. The Morgan fingerprint density at radius 3 is 2.84 bits per heavy atom. The summed E-state index contributed by atoms with van der Waals surface area (Å²) in [6, 6.07) is 11.4. The van der Waals surface area contributed by atoms with E-state index >= 15 is 0 Å². The molecule has 4 aromatic rings. The number of fused-ring (bicyclic) bond motifs is 1. The average Bonchev–Trinajstić information content (AvgIpc) is 3.20. The van der Waals surface area contributed by atoms with Gasteiger partial charge in [0.15, 0.2) is 6.61 Å². The van der Waals surface area contributed by atoms with Crippen LogP contribution in [-0.2, 0) is 11.3 Å². The van der Waals surface area contributed by atoms with Gasteiger partial charge in [0.05, 0.1) is 7.11 Å². The van der Waals surface area contributed by atoms with Crippen molar-refractivity contribution in [1.29, 1.82) is 0 Å². The van der Waals surface area contributed by atoms with Gasteiger partial charge in [-0.3, -0.25) is 4.79 Å². The summed E-state index contributed by atoms with van der Waals surface area (Å²) in [4.78, 5) is 20.9. The fourth-order valence-corrected chi connectivity index (χ4v) is 3.54. The molecule has 0 radical (unpaired) electrons. The molecule has 10 heteroatoms. The second-order valence-corrected chi connectivity index (χ2v) is 7.73. The van der Waals surface area contributed by atoms with E-state index in [1.165, 1.54) is 12.1 Å². The van der Waals surface area contributed by atoms with E-state index in [4.69, 9.17) is 14.0 Å². The summed E-state index contributed by atoms with van der Waals surface area (Å²) in [5.41, 5.74) is 1.80. The number of hydrogen-bond acceptors (Lipinski definition) is 7. The Kier molecular flexibility index (Phi) is 6.31. The van der Waals surface area contributed by atoms with Crippen molar-refractivity contribution in [3.05, 3.63) is 64.1 Å². The first kappa shape index (κ1) is 21.7. The molecule has 0 bridgehead atoms. The molecule has 0 saturated carbocycles. The van der Waals surface area contributed by atoms with Gasteiger partial charge in [-0.15, -0.1) is 0 Å². The summed E-state index contributed by atoms with van der Waals surface area (Å²) in [5, 5.41) is 7.14. The van der Waals surface area contributed by atoms with Crippen molar-refractivity contribution in [3.8, 4) is 22.9 Å². The molecule has 0 unspecified atom stereocenters. The minimum Gasteiger partial charge on any atom is -0.496 e. The second kappa shape index (κ2) is 9.31. The maximum absolute atomic E-state index is 13.7. The highest BCUT2D eigenvalue weighted by Crippen LogP contribution is 2.33. The molecule has 1 amide bonds. The van der Waals surface area contributed by atoms with Crippen molar-refractivity contribution in [2.45, 2.75) is 13.5 Å². The van der Waals surface area contributed by atoms with Gasteiger partial charge in [-0.25, -0.2) is 4.39 Å². The van der Waals surface area contributed by atoms with E-state index in [-0.39, 0.29) is 30.7 Å².